The van der Waals surface area contributed by atoms with Gasteiger partial charge in [0.2, 0.25) is 0 Å². The zero-order chi connectivity index (χ0) is 17.2. The number of fused-ring (bicyclic) bond motifs is 1. The fourth-order valence-electron chi connectivity index (χ4n) is 3.73. The molecule has 1 unspecified atom stereocenters. The first-order valence-electron chi connectivity index (χ1n) is 8.58. The molecule has 0 saturated heterocycles. The van der Waals surface area contributed by atoms with E-state index in [0.717, 1.165) is 30.4 Å². The number of non-ortho nitro benzene ring substituents is 1. The Labute approximate surface area is 146 Å². The van der Waals surface area contributed by atoms with Crippen molar-refractivity contribution >= 4 is 5.69 Å². The summed E-state index contributed by atoms with van der Waals surface area (Å²) < 4.78 is 2.27. The van der Waals surface area contributed by atoms with Gasteiger partial charge in [-0.15, -0.1) is 0 Å². The van der Waals surface area contributed by atoms with E-state index in [2.05, 4.69) is 21.7 Å². The van der Waals surface area contributed by atoms with Crippen LogP contribution in [-0.2, 0) is 6.42 Å². The largest absolute Gasteiger partial charge is 0.327 e. The molecule has 2 heterocycles. The van der Waals surface area contributed by atoms with Crippen LogP contribution in [0.5, 0.6) is 0 Å². The van der Waals surface area contributed by atoms with Crippen molar-refractivity contribution in [3.63, 3.8) is 0 Å². The van der Waals surface area contributed by atoms with Crippen LogP contribution in [0, 0.1) is 10.1 Å². The average molecular weight is 333 g/mol. The third kappa shape index (κ3) is 2.93. The number of rotatable bonds is 3. The lowest BCUT2D eigenvalue weighted by Gasteiger charge is -2.22. The summed E-state index contributed by atoms with van der Waals surface area (Å²) in [6.45, 7) is 0. The Morgan fingerprint density at radius 1 is 1.12 bits per heavy atom. The van der Waals surface area contributed by atoms with Crippen LogP contribution in [0.25, 0.3) is 11.1 Å². The number of benzene rings is 2. The molecule has 0 fully saturated rings. The zero-order valence-corrected chi connectivity index (χ0v) is 13.8. The van der Waals surface area contributed by atoms with E-state index in [1.807, 2.05) is 30.7 Å². The maximum atomic E-state index is 11.1. The summed E-state index contributed by atoms with van der Waals surface area (Å²) in [6, 6.07) is 15.3. The van der Waals surface area contributed by atoms with Crippen LogP contribution in [0.3, 0.4) is 0 Å². The van der Waals surface area contributed by atoms with Crippen LogP contribution in [0.4, 0.5) is 5.69 Å². The lowest BCUT2D eigenvalue weighted by molar-refractivity contribution is -0.384. The second-order valence-electron chi connectivity index (χ2n) is 6.45. The van der Waals surface area contributed by atoms with Crippen LogP contribution < -0.4 is 0 Å². The van der Waals surface area contributed by atoms with Crippen LogP contribution in [0.2, 0.25) is 0 Å². The Balaban J connectivity index is 1.83. The second kappa shape index (κ2) is 6.51. The molecule has 1 aromatic heterocycles. The van der Waals surface area contributed by atoms with Crippen LogP contribution in [0.15, 0.2) is 61.1 Å². The molecule has 5 heteroatoms. The molecule has 0 spiro atoms. The summed E-state index contributed by atoms with van der Waals surface area (Å²) in [5, 5.41) is 11.1. The van der Waals surface area contributed by atoms with Gasteiger partial charge < -0.3 is 4.57 Å². The third-order valence-electron chi connectivity index (χ3n) is 4.93. The molecule has 3 aromatic rings. The molecule has 0 saturated carbocycles. The highest BCUT2D eigenvalue weighted by molar-refractivity contribution is 5.70. The van der Waals surface area contributed by atoms with Crippen LogP contribution in [0.1, 0.15) is 36.6 Å². The quantitative estimate of drug-likeness (QED) is 0.512. The monoisotopic (exact) mass is 333 g/mol. The van der Waals surface area contributed by atoms with Gasteiger partial charge in [0, 0.05) is 24.0 Å². The SMILES string of the molecule is O=[N+]([O-])c1cccc(-c2ccccc2C2CCCCc3cncn32)c1. The van der Waals surface area contributed by atoms with Crippen molar-refractivity contribution in [1.29, 1.82) is 0 Å². The Kier molecular flexibility index (Phi) is 4.06. The number of nitrogens with zero attached hydrogens (tertiary/aromatic N) is 3. The molecule has 0 bridgehead atoms. The molecule has 0 amide bonds. The van der Waals surface area contributed by atoms with E-state index >= 15 is 0 Å². The number of nitro benzene ring substituents is 1. The van der Waals surface area contributed by atoms with Gasteiger partial charge in [-0.25, -0.2) is 4.98 Å². The Hall–Kier alpha value is -2.95. The van der Waals surface area contributed by atoms with E-state index in [4.69, 9.17) is 0 Å². The van der Waals surface area contributed by atoms with Gasteiger partial charge >= 0.3 is 0 Å². The lowest BCUT2D eigenvalue weighted by Crippen LogP contribution is -2.11. The molecule has 1 aliphatic rings. The highest BCUT2D eigenvalue weighted by Gasteiger charge is 2.22. The summed E-state index contributed by atoms with van der Waals surface area (Å²) in [4.78, 5) is 15.1. The molecule has 0 aliphatic carbocycles. The third-order valence-corrected chi connectivity index (χ3v) is 4.93. The van der Waals surface area contributed by atoms with E-state index < -0.39 is 0 Å². The summed E-state index contributed by atoms with van der Waals surface area (Å²) in [5.41, 5.74) is 4.52. The maximum absolute atomic E-state index is 11.1. The second-order valence-corrected chi connectivity index (χ2v) is 6.45. The summed E-state index contributed by atoms with van der Waals surface area (Å²) in [5.74, 6) is 0. The van der Waals surface area contributed by atoms with E-state index in [9.17, 15) is 10.1 Å². The number of hydrogen-bond acceptors (Lipinski definition) is 3. The number of aryl methyl sites for hydroxylation is 1. The average Bonchev–Trinajstić information content (AvgIpc) is 3.01. The van der Waals surface area contributed by atoms with Crippen molar-refractivity contribution in [1.82, 2.24) is 9.55 Å². The number of nitro groups is 1. The van der Waals surface area contributed by atoms with Gasteiger partial charge in [0.25, 0.3) is 5.69 Å². The number of hydrogen-bond donors (Lipinski definition) is 0. The lowest BCUT2D eigenvalue weighted by atomic mass is 9.92. The smallest absolute Gasteiger partial charge is 0.270 e. The van der Waals surface area contributed by atoms with Crippen LogP contribution in [-0.4, -0.2) is 14.5 Å². The normalized spacial score (nSPS) is 16.9. The van der Waals surface area contributed by atoms with Crippen molar-refractivity contribution in [2.45, 2.75) is 31.7 Å². The van der Waals surface area contributed by atoms with E-state index in [1.165, 1.54) is 23.7 Å². The standard InChI is InChI=1S/C20H19N3O2/c24-23(25)16-8-5-6-15(12-16)18-9-2-3-10-19(18)20-11-4-1-7-17-13-21-14-22(17)20/h2-3,5-6,8-10,12-14,20H,1,4,7,11H2. The minimum Gasteiger partial charge on any atom is -0.327 e. The first kappa shape index (κ1) is 15.6. The molecule has 4 rings (SSSR count). The number of imidazole rings is 1. The first-order valence-corrected chi connectivity index (χ1v) is 8.58. The molecule has 0 N–H and O–H groups in total. The van der Waals surface area contributed by atoms with Gasteiger partial charge in [0.05, 0.1) is 17.3 Å². The molecule has 25 heavy (non-hydrogen) atoms. The Morgan fingerprint density at radius 2 is 2.00 bits per heavy atom. The minimum absolute atomic E-state index is 0.122. The van der Waals surface area contributed by atoms with Crippen molar-refractivity contribution in [3.8, 4) is 11.1 Å². The minimum atomic E-state index is -0.342. The summed E-state index contributed by atoms with van der Waals surface area (Å²) >= 11 is 0. The van der Waals surface area contributed by atoms with Gasteiger partial charge in [-0.2, -0.15) is 0 Å². The molecule has 5 nitrogen and oxygen atoms in total. The molecular formula is C20H19N3O2. The molecule has 0 radical (unpaired) electrons. The summed E-state index contributed by atoms with van der Waals surface area (Å²) in [6.07, 6.45) is 8.30. The van der Waals surface area contributed by atoms with Crippen molar-refractivity contribution < 1.29 is 4.92 Å². The zero-order valence-electron chi connectivity index (χ0n) is 13.8. The number of aromatic nitrogens is 2. The highest BCUT2D eigenvalue weighted by atomic mass is 16.6. The Bertz CT molecular complexity index is 917. The van der Waals surface area contributed by atoms with Gasteiger partial charge in [0.1, 0.15) is 0 Å². The molecule has 2 aromatic carbocycles. The fraction of sp³-hybridized carbons (Fsp3) is 0.250. The topological polar surface area (TPSA) is 61.0 Å². The van der Waals surface area contributed by atoms with Gasteiger partial charge in [-0.1, -0.05) is 42.8 Å². The van der Waals surface area contributed by atoms with Crippen molar-refractivity contribution in [3.05, 3.63) is 82.4 Å². The van der Waals surface area contributed by atoms with Crippen molar-refractivity contribution in [2.24, 2.45) is 0 Å². The highest BCUT2D eigenvalue weighted by Crippen LogP contribution is 2.36. The molecule has 1 aliphatic heterocycles. The van der Waals surface area contributed by atoms with Gasteiger partial charge in [-0.3, -0.25) is 10.1 Å². The van der Waals surface area contributed by atoms with Gasteiger partial charge in [-0.05, 0) is 36.0 Å². The van der Waals surface area contributed by atoms with Gasteiger partial charge in [0.15, 0.2) is 0 Å². The van der Waals surface area contributed by atoms with Crippen LogP contribution >= 0.6 is 0 Å². The van der Waals surface area contributed by atoms with Crippen molar-refractivity contribution in [2.75, 3.05) is 0 Å². The maximum Gasteiger partial charge on any atom is 0.270 e. The van der Waals surface area contributed by atoms with E-state index in [-0.39, 0.29) is 16.7 Å². The predicted octanol–water partition coefficient (Wildman–Crippen LogP) is 4.77. The molecular weight excluding hydrogens is 314 g/mol. The summed E-state index contributed by atoms with van der Waals surface area (Å²) in [7, 11) is 0. The van der Waals surface area contributed by atoms with E-state index in [1.54, 1.807) is 12.1 Å². The predicted molar refractivity (Wildman–Crippen MR) is 96.5 cm³/mol. The molecule has 1 atom stereocenters. The molecule has 126 valence electrons. The Morgan fingerprint density at radius 3 is 2.88 bits per heavy atom. The first-order chi connectivity index (χ1) is 12.2. The fourth-order valence-corrected chi connectivity index (χ4v) is 3.73. The van der Waals surface area contributed by atoms with E-state index in [0.29, 0.717) is 0 Å².